The van der Waals surface area contributed by atoms with Gasteiger partial charge in [0.05, 0.1) is 5.56 Å². The molecule has 17 heavy (non-hydrogen) atoms. The quantitative estimate of drug-likeness (QED) is 0.821. The molecule has 0 fully saturated rings. The zero-order chi connectivity index (χ0) is 12.3. The Labute approximate surface area is 104 Å². The Morgan fingerprint density at radius 3 is 2.76 bits per heavy atom. The van der Waals surface area contributed by atoms with E-state index in [1.165, 1.54) is 11.8 Å². The molecular formula is C13H11N3S. The van der Waals surface area contributed by atoms with Gasteiger partial charge in [-0.15, -0.1) is 0 Å². The van der Waals surface area contributed by atoms with E-state index in [1.807, 2.05) is 37.3 Å². The predicted molar refractivity (Wildman–Crippen MR) is 68.7 cm³/mol. The van der Waals surface area contributed by atoms with Gasteiger partial charge in [-0.25, -0.2) is 4.98 Å². The van der Waals surface area contributed by atoms with Gasteiger partial charge in [0.1, 0.15) is 11.1 Å². The molecule has 4 heteroatoms. The largest absolute Gasteiger partial charge is 0.398 e. The Kier molecular flexibility index (Phi) is 3.31. The Hall–Kier alpha value is -1.99. The molecule has 1 aromatic heterocycles. The van der Waals surface area contributed by atoms with E-state index < -0.39 is 0 Å². The number of anilines is 1. The van der Waals surface area contributed by atoms with Gasteiger partial charge in [0.25, 0.3) is 0 Å². The molecule has 0 amide bonds. The van der Waals surface area contributed by atoms with Crippen molar-refractivity contribution in [2.75, 3.05) is 5.73 Å². The number of aryl methyl sites for hydroxylation is 1. The van der Waals surface area contributed by atoms with E-state index in [0.29, 0.717) is 16.3 Å². The topological polar surface area (TPSA) is 62.7 Å². The number of rotatable bonds is 2. The summed E-state index contributed by atoms with van der Waals surface area (Å²) in [4.78, 5) is 5.15. The van der Waals surface area contributed by atoms with Gasteiger partial charge in [-0.05, 0) is 30.7 Å². The van der Waals surface area contributed by atoms with Crippen molar-refractivity contribution in [3.8, 4) is 6.07 Å². The van der Waals surface area contributed by atoms with Gasteiger partial charge in [0.2, 0.25) is 0 Å². The van der Waals surface area contributed by atoms with Crippen LogP contribution in [0.25, 0.3) is 0 Å². The molecule has 2 rings (SSSR count). The molecule has 0 unspecified atom stereocenters. The van der Waals surface area contributed by atoms with Crippen molar-refractivity contribution < 1.29 is 0 Å². The number of hydrogen-bond donors (Lipinski definition) is 1. The van der Waals surface area contributed by atoms with Gasteiger partial charge in [-0.2, -0.15) is 5.26 Å². The number of nitrogen functional groups attached to an aromatic ring is 1. The van der Waals surface area contributed by atoms with Crippen LogP contribution < -0.4 is 5.73 Å². The molecule has 0 aliphatic rings. The Morgan fingerprint density at radius 1 is 1.29 bits per heavy atom. The SMILES string of the molecule is Cc1ccnc(Sc2ccccc2N)c1C#N. The number of nitriles is 1. The molecule has 2 N–H and O–H groups in total. The average molecular weight is 241 g/mol. The van der Waals surface area contributed by atoms with Crippen molar-refractivity contribution in [2.24, 2.45) is 0 Å². The summed E-state index contributed by atoms with van der Waals surface area (Å²) in [5.41, 5.74) is 8.11. The number of benzene rings is 1. The average Bonchev–Trinajstić information content (AvgIpc) is 2.32. The number of hydrogen-bond acceptors (Lipinski definition) is 4. The van der Waals surface area contributed by atoms with Crippen LogP contribution in [0.2, 0.25) is 0 Å². The number of para-hydroxylation sites is 1. The second-order valence-electron chi connectivity index (χ2n) is 3.56. The molecule has 0 saturated heterocycles. The molecule has 3 nitrogen and oxygen atoms in total. The van der Waals surface area contributed by atoms with Crippen LogP contribution in [0.4, 0.5) is 5.69 Å². The first-order valence-corrected chi connectivity index (χ1v) is 5.92. The summed E-state index contributed by atoms with van der Waals surface area (Å²) in [6.45, 7) is 1.90. The van der Waals surface area contributed by atoms with Crippen molar-refractivity contribution in [1.29, 1.82) is 5.26 Å². The highest BCUT2D eigenvalue weighted by atomic mass is 32.2. The number of nitrogens with zero attached hydrogens (tertiary/aromatic N) is 2. The van der Waals surface area contributed by atoms with Crippen molar-refractivity contribution in [3.63, 3.8) is 0 Å². The van der Waals surface area contributed by atoms with Crippen LogP contribution in [-0.2, 0) is 0 Å². The van der Waals surface area contributed by atoms with Crippen molar-refractivity contribution >= 4 is 17.4 Å². The second-order valence-corrected chi connectivity index (χ2v) is 4.59. The van der Waals surface area contributed by atoms with Crippen LogP contribution in [-0.4, -0.2) is 4.98 Å². The first kappa shape index (κ1) is 11.5. The molecule has 2 aromatic rings. The minimum Gasteiger partial charge on any atom is -0.398 e. The first-order chi connectivity index (χ1) is 8.22. The maximum Gasteiger partial charge on any atom is 0.119 e. The third kappa shape index (κ3) is 2.40. The number of aromatic nitrogens is 1. The van der Waals surface area contributed by atoms with E-state index in [9.17, 15) is 0 Å². The minimum absolute atomic E-state index is 0.612. The maximum atomic E-state index is 9.11. The molecular weight excluding hydrogens is 230 g/mol. The fourth-order valence-electron chi connectivity index (χ4n) is 1.42. The third-order valence-electron chi connectivity index (χ3n) is 2.36. The van der Waals surface area contributed by atoms with Crippen molar-refractivity contribution in [2.45, 2.75) is 16.8 Å². The van der Waals surface area contributed by atoms with E-state index in [0.717, 1.165) is 10.5 Å². The summed E-state index contributed by atoms with van der Waals surface area (Å²) in [6.07, 6.45) is 1.71. The predicted octanol–water partition coefficient (Wildman–Crippen LogP) is 3.00. The Balaban J connectivity index is 2.41. The summed E-state index contributed by atoms with van der Waals surface area (Å²) in [5.74, 6) is 0. The lowest BCUT2D eigenvalue weighted by atomic mass is 10.2. The summed E-state index contributed by atoms with van der Waals surface area (Å²) in [6, 6.07) is 11.6. The standard InChI is InChI=1S/C13H11N3S/c1-9-6-7-16-13(10(9)8-14)17-12-5-3-2-4-11(12)15/h2-7H,15H2,1H3. The Bertz CT molecular complexity index is 587. The highest BCUT2D eigenvalue weighted by Crippen LogP contribution is 2.32. The maximum absolute atomic E-state index is 9.11. The van der Waals surface area contributed by atoms with E-state index in [-0.39, 0.29) is 0 Å². The highest BCUT2D eigenvalue weighted by molar-refractivity contribution is 7.99. The van der Waals surface area contributed by atoms with Gasteiger partial charge in [-0.1, -0.05) is 23.9 Å². The van der Waals surface area contributed by atoms with Crippen LogP contribution in [0.3, 0.4) is 0 Å². The zero-order valence-electron chi connectivity index (χ0n) is 9.34. The smallest absolute Gasteiger partial charge is 0.119 e. The van der Waals surface area contributed by atoms with E-state index in [2.05, 4.69) is 11.1 Å². The fraction of sp³-hybridized carbons (Fsp3) is 0.0769. The van der Waals surface area contributed by atoms with Crippen molar-refractivity contribution in [3.05, 3.63) is 47.7 Å². The molecule has 84 valence electrons. The number of nitrogens with two attached hydrogens (primary N) is 1. The third-order valence-corrected chi connectivity index (χ3v) is 3.46. The summed E-state index contributed by atoms with van der Waals surface area (Å²) in [5, 5.41) is 9.81. The van der Waals surface area contributed by atoms with Gasteiger partial charge in [0.15, 0.2) is 0 Å². The van der Waals surface area contributed by atoms with Gasteiger partial charge >= 0.3 is 0 Å². The Morgan fingerprint density at radius 2 is 2.06 bits per heavy atom. The molecule has 0 atom stereocenters. The van der Waals surface area contributed by atoms with E-state index in [1.54, 1.807) is 6.20 Å². The van der Waals surface area contributed by atoms with Crippen LogP contribution in [0.1, 0.15) is 11.1 Å². The van der Waals surface area contributed by atoms with Crippen molar-refractivity contribution in [1.82, 2.24) is 4.98 Å². The van der Waals surface area contributed by atoms with E-state index >= 15 is 0 Å². The van der Waals surface area contributed by atoms with Crippen LogP contribution in [0.5, 0.6) is 0 Å². The molecule has 0 saturated carbocycles. The lowest BCUT2D eigenvalue weighted by molar-refractivity contribution is 1.09. The molecule has 0 aliphatic carbocycles. The monoisotopic (exact) mass is 241 g/mol. The van der Waals surface area contributed by atoms with Crippen LogP contribution in [0, 0.1) is 18.3 Å². The minimum atomic E-state index is 0.612. The molecule has 1 aromatic carbocycles. The fourth-order valence-corrected chi connectivity index (χ4v) is 2.39. The highest BCUT2D eigenvalue weighted by Gasteiger charge is 2.09. The van der Waals surface area contributed by atoms with Gasteiger partial charge in [0, 0.05) is 16.8 Å². The summed E-state index contributed by atoms with van der Waals surface area (Å²) < 4.78 is 0. The lowest BCUT2D eigenvalue weighted by Crippen LogP contribution is -1.92. The molecule has 1 heterocycles. The van der Waals surface area contributed by atoms with Crippen LogP contribution >= 0.6 is 11.8 Å². The number of pyridine rings is 1. The zero-order valence-corrected chi connectivity index (χ0v) is 10.2. The normalized spacial score (nSPS) is 9.88. The summed E-state index contributed by atoms with van der Waals surface area (Å²) in [7, 11) is 0. The summed E-state index contributed by atoms with van der Waals surface area (Å²) >= 11 is 1.42. The first-order valence-electron chi connectivity index (χ1n) is 5.10. The van der Waals surface area contributed by atoms with Crippen LogP contribution in [0.15, 0.2) is 46.5 Å². The van der Waals surface area contributed by atoms with E-state index in [4.69, 9.17) is 11.0 Å². The second kappa shape index (κ2) is 4.89. The molecule has 0 spiro atoms. The molecule has 0 bridgehead atoms. The van der Waals surface area contributed by atoms with Gasteiger partial charge in [-0.3, -0.25) is 0 Å². The van der Waals surface area contributed by atoms with Gasteiger partial charge < -0.3 is 5.73 Å². The molecule has 0 aliphatic heterocycles. The lowest BCUT2D eigenvalue weighted by Gasteiger charge is -2.06. The molecule has 0 radical (unpaired) electrons.